The molecule has 0 fully saturated rings. The Morgan fingerprint density at radius 2 is 2.10 bits per heavy atom. The van der Waals surface area contributed by atoms with Gasteiger partial charge in [0.15, 0.2) is 0 Å². The number of carboxylic acid groups (broad SMARTS) is 1. The lowest BCUT2D eigenvalue weighted by molar-refractivity contribution is -0.140. The molecule has 0 saturated heterocycles. The number of aliphatic carboxylic acids is 1. The number of imidazole rings is 1. The van der Waals surface area contributed by atoms with E-state index in [-0.39, 0.29) is 5.92 Å². The third-order valence-electron chi connectivity index (χ3n) is 3.00. The van der Waals surface area contributed by atoms with Crippen LogP contribution in [-0.2, 0) is 4.79 Å². The fraction of sp³-hybridized carbons (Fsp3) is 0.286. The summed E-state index contributed by atoms with van der Waals surface area (Å²) in [5.41, 5.74) is 0.348. The summed E-state index contributed by atoms with van der Waals surface area (Å²) >= 11 is 0. The molecule has 2 aromatic rings. The van der Waals surface area contributed by atoms with Crippen LogP contribution < -0.4 is 5.32 Å². The number of nitrogens with one attached hydrogen (secondary N) is 1. The fourth-order valence-corrected chi connectivity index (χ4v) is 1.83. The molecule has 1 amide bonds. The number of aromatic nitrogens is 3. The first-order valence-corrected chi connectivity index (χ1v) is 6.47. The lowest BCUT2D eigenvalue weighted by atomic mass is 10.0. The smallest absolute Gasteiger partial charge is 0.326 e. The zero-order valence-electron chi connectivity index (χ0n) is 11.7. The van der Waals surface area contributed by atoms with Gasteiger partial charge in [-0.2, -0.15) is 0 Å². The van der Waals surface area contributed by atoms with Crippen LogP contribution in [0.2, 0.25) is 0 Å². The third-order valence-corrected chi connectivity index (χ3v) is 3.00. The van der Waals surface area contributed by atoms with Crippen LogP contribution in [0.4, 0.5) is 0 Å². The molecule has 2 N–H and O–H groups in total. The average molecular weight is 288 g/mol. The summed E-state index contributed by atoms with van der Waals surface area (Å²) in [5, 5.41) is 11.6. The second kappa shape index (κ2) is 6.17. The summed E-state index contributed by atoms with van der Waals surface area (Å²) in [6.45, 7) is 3.48. The Bertz CT molecular complexity index is 637. The first kappa shape index (κ1) is 14.7. The monoisotopic (exact) mass is 288 g/mol. The van der Waals surface area contributed by atoms with Gasteiger partial charge < -0.3 is 10.4 Å². The lowest BCUT2D eigenvalue weighted by Crippen LogP contribution is -2.44. The normalized spacial score (nSPS) is 12.1. The van der Waals surface area contributed by atoms with E-state index in [4.69, 9.17) is 5.11 Å². The number of hydrogen-bond acceptors (Lipinski definition) is 4. The summed E-state index contributed by atoms with van der Waals surface area (Å²) < 4.78 is 1.66. The molecule has 110 valence electrons. The molecule has 0 saturated carbocycles. The van der Waals surface area contributed by atoms with E-state index in [1.54, 1.807) is 43.2 Å². The van der Waals surface area contributed by atoms with Crippen molar-refractivity contribution in [2.45, 2.75) is 19.9 Å². The van der Waals surface area contributed by atoms with Crippen LogP contribution in [0.15, 0.2) is 37.1 Å². The van der Waals surface area contributed by atoms with Crippen LogP contribution in [0.1, 0.15) is 24.2 Å². The molecule has 2 rings (SSSR count). The molecule has 1 atom stereocenters. The number of hydrogen-bond donors (Lipinski definition) is 2. The number of carbonyl (C=O) groups is 2. The van der Waals surface area contributed by atoms with Gasteiger partial charge in [0.25, 0.3) is 5.91 Å². The molecule has 0 aliphatic heterocycles. The highest BCUT2D eigenvalue weighted by molar-refractivity contribution is 5.96. The van der Waals surface area contributed by atoms with E-state index in [0.717, 1.165) is 0 Å². The minimum Gasteiger partial charge on any atom is -0.480 e. The van der Waals surface area contributed by atoms with Gasteiger partial charge in [0.2, 0.25) is 0 Å². The third kappa shape index (κ3) is 3.44. The van der Waals surface area contributed by atoms with Gasteiger partial charge in [-0.15, -0.1) is 0 Å². The highest BCUT2D eigenvalue weighted by Gasteiger charge is 2.24. The fourth-order valence-electron chi connectivity index (χ4n) is 1.83. The molecule has 0 aromatic carbocycles. The molecule has 7 nitrogen and oxygen atoms in total. The van der Waals surface area contributed by atoms with E-state index < -0.39 is 17.9 Å². The second-order valence-electron chi connectivity index (χ2n) is 4.91. The van der Waals surface area contributed by atoms with Crippen molar-refractivity contribution in [2.75, 3.05) is 0 Å². The van der Waals surface area contributed by atoms with Crippen LogP contribution in [0, 0.1) is 5.92 Å². The van der Waals surface area contributed by atoms with Crippen molar-refractivity contribution < 1.29 is 14.7 Å². The van der Waals surface area contributed by atoms with Crippen LogP contribution in [0.3, 0.4) is 0 Å². The van der Waals surface area contributed by atoms with Crippen molar-refractivity contribution in [1.82, 2.24) is 19.9 Å². The highest BCUT2D eigenvalue weighted by Crippen LogP contribution is 2.09. The lowest BCUT2D eigenvalue weighted by Gasteiger charge is -2.18. The zero-order valence-corrected chi connectivity index (χ0v) is 11.7. The molecular weight excluding hydrogens is 272 g/mol. The molecule has 21 heavy (non-hydrogen) atoms. The van der Waals surface area contributed by atoms with Gasteiger partial charge in [0, 0.05) is 24.2 Å². The molecule has 0 spiro atoms. The van der Waals surface area contributed by atoms with Gasteiger partial charge in [-0.1, -0.05) is 13.8 Å². The zero-order chi connectivity index (χ0) is 15.4. The number of amides is 1. The summed E-state index contributed by atoms with van der Waals surface area (Å²) in [6, 6.07) is 2.19. The van der Waals surface area contributed by atoms with E-state index in [1.807, 2.05) is 0 Å². The molecule has 0 aliphatic carbocycles. The predicted octanol–water partition coefficient (Wildman–Crippen LogP) is 1.11. The van der Waals surface area contributed by atoms with Crippen molar-refractivity contribution in [2.24, 2.45) is 5.92 Å². The number of carbonyl (C=O) groups excluding carboxylic acids is 1. The van der Waals surface area contributed by atoms with Crippen molar-refractivity contribution in [3.05, 3.63) is 42.6 Å². The van der Waals surface area contributed by atoms with E-state index in [1.165, 1.54) is 12.3 Å². The Hall–Kier alpha value is -2.70. The van der Waals surface area contributed by atoms with Crippen LogP contribution in [0.5, 0.6) is 0 Å². The molecule has 7 heteroatoms. The van der Waals surface area contributed by atoms with Crippen molar-refractivity contribution in [3.63, 3.8) is 0 Å². The molecule has 0 bridgehead atoms. The maximum atomic E-state index is 12.2. The number of pyridine rings is 1. The van der Waals surface area contributed by atoms with Gasteiger partial charge >= 0.3 is 5.97 Å². The van der Waals surface area contributed by atoms with Crippen molar-refractivity contribution >= 4 is 11.9 Å². The van der Waals surface area contributed by atoms with E-state index in [2.05, 4.69) is 15.3 Å². The number of nitrogens with zero attached hydrogens (tertiary/aromatic N) is 3. The summed E-state index contributed by atoms with van der Waals surface area (Å²) in [7, 11) is 0. The van der Waals surface area contributed by atoms with Gasteiger partial charge in [-0.3, -0.25) is 9.36 Å². The van der Waals surface area contributed by atoms with Crippen LogP contribution >= 0.6 is 0 Å². The summed E-state index contributed by atoms with van der Waals surface area (Å²) in [6.07, 6.45) is 6.37. The summed E-state index contributed by atoms with van der Waals surface area (Å²) in [5.74, 6) is -1.17. The van der Waals surface area contributed by atoms with Gasteiger partial charge in [-0.05, 0) is 18.1 Å². The van der Waals surface area contributed by atoms with Gasteiger partial charge in [0.05, 0.1) is 0 Å². The minimum absolute atomic E-state index is 0.207. The van der Waals surface area contributed by atoms with Crippen LogP contribution in [-0.4, -0.2) is 37.6 Å². The maximum absolute atomic E-state index is 12.2. The maximum Gasteiger partial charge on any atom is 0.326 e. The topological polar surface area (TPSA) is 97.1 Å². The Labute approximate surface area is 121 Å². The molecule has 0 radical (unpaired) electrons. The summed E-state index contributed by atoms with van der Waals surface area (Å²) in [4.78, 5) is 31.3. The number of carboxylic acids is 1. The van der Waals surface area contributed by atoms with E-state index in [9.17, 15) is 9.59 Å². The standard InChI is InChI=1S/C14H16N4O3/c1-9(2)12(14(20)21)17-13(19)10-3-4-16-11(7-10)18-6-5-15-8-18/h3-9,12H,1-2H3,(H,17,19)(H,20,21)/t12-/m1/s1. The van der Waals surface area contributed by atoms with Crippen molar-refractivity contribution in [3.8, 4) is 5.82 Å². The van der Waals surface area contributed by atoms with Gasteiger partial charge in [0.1, 0.15) is 18.2 Å². The molecule has 0 unspecified atom stereocenters. The van der Waals surface area contributed by atoms with Crippen molar-refractivity contribution in [1.29, 1.82) is 0 Å². The predicted molar refractivity (Wildman–Crippen MR) is 75.1 cm³/mol. The number of rotatable bonds is 5. The van der Waals surface area contributed by atoms with E-state index >= 15 is 0 Å². The minimum atomic E-state index is -1.05. The second-order valence-corrected chi connectivity index (χ2v) is 4.91. The molecular formula is C14H16N4O3. The molecule has 2 heterocycles. The van der Waals surface area contributed by atoms with Crippen LogP contribution in [0.25, 0.3) is 5.82 Å². The highest BCUT2D eigenvalue weighted by atomic mass is 16.4. The quantitative estimate of drug-likeness (QED) is 0.859. The average Bonchev–Trinajstić information content (AvgIpc) is 2.98. The Kier molecular flexibility index (Phi) is 4.32. The Morgan fingerprint density at radius 1 is 1.33 bits per heavy atom. The van der Waals surface area contributed by atoms with Gasteiger partial charge in [-0.25, -0.2) is 14.8 Å². The largest absolute Gasteiger partial charge is 0.480 e. The Morgan fingerprint density at radius 3 is 2.67 bits per heavy atom. The SMILES string of the molecule is CC(C)[C@@H](NC(=O)c1ccnc(-n2ccnc2)c1)C(=O)O. The molecule has 2 aromatic heterocycles. The first-order chi connectivity index (χ1) is 9.99. The molecule has 0 aliphatic rings. The Balaban J connectivity index is 2.20. The first-order valence-electron chi connectivity index (χ1n) is 6.47. The van der Waals surface area contributed by atoms with E-state index in [0.29, 0.717) is 11.4 Å².